The molecule has 118 valence electrons. The molecule has 0 spiro atoms. The molecule has 0 atom stereocenters. The van der Waals surface area contributed by atoms with E-state index in [2.05, 4.69) is 15.3 Å². The van der Waals surface area contributed by atoms with Crippen LogP contribution in [0.15, 0.2) is 35.5 Å². The lowest BCUT2D eigenvalue weighted by Gasteiger charge is -2.07. The van der Waals surface area contributed by atoms with Gasteiger partial charge in [0.25, 0.3) is 5.56 Å². The molecule has 2 heterocycles. The Hall–Kier alpha value is -2.54. The van der Waals surface area contributed by atoms with Crippen LogP contribution in [0.2, 0.25) is 0 Å². The van der Waals surface area contributed by atoms with Gasteiger partial charge in [-0.2, -0.15) is 0 Å². The Bertz CT molecular complexity index is 929. The summed E-state index contributed by atoms with van der Waals surface area (Å²) in [7, 11) is 0. The fourth-order valence-electron chi connectivity index (χ4n) is 2.31. The fourth-order valence-corrected chi connectivity index (χ4v) is 2.99. The van der Waals surface area contributed by atoms with Crippen molar-refractivity contribution in [2.45, 2.75) is 26.8 Å². The van der Waals surface area contributed by atoms with Crippen LogP contribution < -0.4 is 10.9 Å². The highest BCUT2D eigenvalue weighted by Gasteiger charge is 2.09. The number of nitrogens with zero attached hydrogens (tertiary/aromatic N) is 3. The minimum atomic E-state index is -0.171. The Balaban J connectivity index is 1.73. The van der Waals surface area contributed by atoms with Gasteiger partial charge in [-0.25, -0.2) is 9.97 Å². The maximum absolute atomic E-state index is 12.4. The molecule has 0 aliphatic heterocycles. The first-order valence-corrected chi connectivity index (χ1v) is 8.03. The molecule has 3 rings (SSSR count). The molecule has 1 amide bonds. The molecule has 2 aromatic heterocycles. The molecule has 0 aliphatic rings. The number of amides is 1. The molecule has 0 aliphatic carbocycles. The first kappa shape index (κ1) is 15.4. The van der Waals surface area contributed by atoms with Gasteiger partial charge in [-0.15, -0.1) is 11.3 Å². The molecule has 0 fully saturated rings. The summed E-state index contributed by atoms with van der Waals surface area (Å²) in [4.78, 5) is 33.8. The average Bonchev–Trinajstić information content (AvgIpc) is 2.92. The van der Waals surface area contributed by atoms with Gasteiger partial charge in [0, 0.05) is 24.0 Å². The molecule has 0 bridgehead atoms. The van der Waals surface area contributed by atoms with E-state index in [1.165, 1.54) is 22.2 Å². The number of benzene rings is 1. The smallest absolute Gasteiger partial charge is 0.261 e. The third kappa shape index (κ3) is 3.29. The van der Waals surface area contributed by atoms with Crippen molar-refractivity contribution in [3.05, 3.63) is 51.5 Å². The van der Waals surface area contributed by atoms with Crippen LogP contribution in [0.5, 0.6) is 0 Å². The number of nitrogens with one attached hydrogen (secondary N) is 1. The van der Waals surface area contributed by atoms with Crippen molar-refractivity contribution >= 4 is 33.3 Å². The molecule has 1 aromatic carbocycles. The molecule has 0 radical (unpaired) electrons. The van der Waals surface area contributed by atoms with E-state index in [1.54, 1.807) is 12.3 Å². The molecule has 0 saturated carbocycles. The Labute approximate surface area is 136 Å². The van der Waals surface area contributed by atoms with Crippen LogP contribution in [0.4, 0.5) is 5.13 Å². The maximum atomic E-state index is 12.4. The number of fused-ring (bicyclic) bond motifs is 1. The number of anilines is 1. The third-order valence-electron chi connectivity index (χ3n) is 3.50. The predicted molar refractivity (Wildman–Crippen MR) is 90.8 cm³/mol. The minimum absolute atomic E-state index is 0.128. The second kappa shape index (κ2) is 6.29. The normalized spacial score (nSPS) is 10.9. The van der Waals surface area contributed by atoms with Gasteiger partial charge in [-0.05, 0) is 25.5 Å². The van der Waals surface area contributed by atoms with E-state index in [9.17, 15) is 9.59 Å². The van der Waals surface area contributed by atoms with Gasteiger partial charge in [0.2, 0.25) is 5.91 Å². The third-order valence-corrected chi connectivity index (χ3v) is 4.33. The zero-order valence-corrected chi connectivity index (χ0v) is 13.7. The van der Waals surface area contributed by atoms with Crippen molar-refractivity contribution in [2.75, 3.05) is 5.32 Å². The molecule has 3 aromatic rings. The van der Waals surface area contributed by atoms with Gasteiger partial charge < -0.3 is 5.32 Å². The van der Waals surface area contributed by atoms with Gasteiger partial charge in [0.05, 0.1) is 17.2 Å². The number of aryl methyl sites for hydroxylation is 3. The maximum Gasteiger partial charge on any atom is 0.261 e. The first-order valence-electron chi connectivity index (χ1n) is 7.21. The number of carbonyl (C=O) groups excluding carboxylic acids is 1. The molecular weight excluding hydrogens is 312 g/mol. The predicted octanol–water partition coefficient (Wildman–Crippen LogP) is 2.50. The highest BCUT2D eigenvalue weighted by Crippen LogP contribution is 2.16. The van der Waals surface area contributed by atoms with Gasteiger partial charge in [0.15, 0.2) is 5.13 Å². The zero-order chi connectivity index (χ0) is 16.4. The monoisotopic (exact) mass is 328 g/mol. The summed E-state index contributed by atoms with van der Waals surface area (Å²) in [6, 6.07) is 5.51. The lowest BCUT2D eigenvalue weighted by atomic mass is 10.1. The molecule has 0 saturated heterocycles. The Kier molecular flexibility index (Phi) is 4.20. The highest BCUT2D eigenvalue weighted by atomic mass is 32.1. The van der Waals surface area contributed by atoms with E-state index < -0.39 is 0 Å². The number of para-hydroxylation sites is 1. The zero-order valence-electron chi connectivity index (χ0n) is 12.9. The quantitative estimate of drug-likeness (QED) is 0.798. The van der Waals surface area contributed by atoms with Crippen LogP contribution in [0.25, 0.3) is 10.9 Å². The van der Waals surface area contributed by atoms with E-state index in [0.29, 0.717) is 16.0 Å². The van der Waals surface area contributed by atoms with Crippen molar-refractivity contribution in [2.24, 2.45) is 0 Å². The van der Waals surface area contributed by atoms with Crippen molar-refractivity contribution in [1.82, 2.24) is 14.5 Å². The molecule has 6 nitrogen and oxygen atoms in total. The van der Waals surface area contributed by atoms with E-state index in [1.807, 2.05) is 26.0 Å². The first-order chi connectivity index (χ1) is 11.0. The molecule has 7 heteroatoms. The SMILES string of the molecule is Cc1cnc(NC(=O)CCn2cnc3c(C)cccc3c2=O)s1. The number of hydrogen-bond donors (Lipinski definition) is 1. The van der Waals surface area contributed by atoms with Gasteiger partial charge in [-0.3, -0.25) is 14.2 Å². The summed E-state index contributed by atoms with van der Waals surface area (Å²) in [5.74, 6) is -0.171. The molecule has 0 unspecified atom stereocenters. The van der Waals surface area contributed by atoms with Crippen molar-refractivity contribution in [3.63, 3.8) is 0 Å². The fraction of sp³-hybridized carbons (Fsp3) is 0.250. The summed E-state index contributed by atoms with van der Waals surface area (Å²) in [5, 5.41) is 3.88. The van der Waals surface area contributed by atoms with Crippen LogP contribution >= 0.6 is 11.3 Å². The number of hydrogen-bond acceptors (Lipinski definition) is 5. The summed E-state index contributed by atoms with van der Waals surface area (Å²) >= 11 is 1.42. The van der Waals surface area contributed by atoms with Crippen LogP contribution in [-0.2, 0) is 11.3 Å². The van der Waals surface area contributed by atoms with Gasteiger partial charge >= 0.3 is 0 Å². The molecular formula is C16H16N4O2S. The number of carbonyl (C=O) groups is 1. The number of rotatable bonds is 4. The highest BCUT2D eigenvalue weighted by molar-refractivity contribution is 7.15. The second-order valence-electron chi connectivity index (χ2n) is 5.29. The van der Waals surface area contributed by atoms with Crippen molar-refractivity contribution in [3.8, 4) is 0 Å². The standard InChI is InChI=1S/C16H16N4O2S/c1-10-4-3-5-12-14(10)18-9-20(15(12)22)7-6-13(21)19-16-17-8-11(2)23-16/h3-5,8-9H,6-7H2,1-2H3,(H,17,19,21). The van der Waals surface area contributed by atoms with E-state index in [-0.39, 0.29) is 24.4 Å². The van der Waals surface area contributed by atoms with Crippen LogP contribution in [0.1, 0.15) is 16.9 Å². The Morgan fingerprint density at radius 2 is 2.13 bits per heavy atom. The lowest BCUT2D eigenvalue weighted by molar-refractivity contribution is -0.116. The van der Waals surface area contributed by atoms with Gasteiger partial charge in [0.1, 0.15) is 0 Å². The second-order valence-corrected chi connectivity index (χ2v) is 6.52. The summed E-state index contributed by atoms with van der Waals surface area (Å²) in [6.45, 7) is 4.13. The lowest BCUT2D eigenvalue weighted by Crippen LogP contribution is -2.23. The largest absolute Gasteiger partial charge is 0.302 e. The molecule has 23 heavy (non-hydrogen) atoms. The summed E-state index contributed by atoms with van der Waals surface area (Å²) in [6.07, 6.45) is 3.40. The Morgan fingerprint density at radius 1 is 1.30 bits per heavy atom. The van der Waals surface area contributed by atoms with Crippen LogP contribution in [-0.4, -0.2) is 20.4 Å². The minimum Gasteiger partial charge on any atom is -0.302 e. The Morgan fingerprint density at radius 3 is 2.87 bits per heavy atom. The van der Waals surface area contributed by atoms with Crippen LogP contribution in [0.3, 0.4) is 0 Å². The average molecular weight is 328 g/mol. The van der Waals surface area contributed by atoms with E-state index in [4.69, 9.17) is 0 Å². The summed E-state index contributed by atoms with van der Waals surface area (Å²) in [5.41, 5.74) is 1.54. The number of aromatic nitrogens is 3. The van der Waals surface area contributed by atoms with Gasteiger partial charge in [-0.1, -0.05) is 12.1 Å². The van der Waals surface area contributed by atoms with Crippen molar-refractivity contribution in [1.29, 1.82) is 0 Å². The topological polar surface area (TPSA) is 76.9 Å². The molecule has 1 N–H and O–H groups in total. The van der Waals surface area contributed by atoms with E-state index in [0.717, 1.165) is 10.4 Å². The van der Waals surface area contributed by atoms with Crippen LogP contribution in [0, 0.1) is 13.8 Å². The number of thiazole rings is 1. The van der Waals surface area contributed by atoms with Crippen molar-refractivity contribution < 1.29 is 4.79 Å². The summed E-state index contributed by atoms with van der Waals surface area (Å²) < 4.78 is 1.47. The van der Waals surface area contributed by atoms with E-state index >= 15 is 0 Å².